The largest absolute Gasteiger partial charge is 0.391 e. The molecule has 0 bridgehead atoms. The Bertz CT molecular complexity index is 1610. The summed E-state index contributed by atoms with van der Waals surface area (Å²) in [6.07, 6.45) is 3.94. The van der Waals surface area contributed by atoms with E-state index in [0.717, 1.165) is 46.9 Å². The van der Waals surface area contributed by atoms with E-state index < -0.39 is 0 Å². The third-order valence-corrected chi connectivity index (χ3v) is 6.54. The van der Waals surface area contributed by atoms with E-state index in [2.05, 4.69) is 31.2 Å². The van der Waals surface area contributed by atoms with Gasteiger partial charge in [0, 0.05) is 24.2 Å². The van der Waals surface area contributed by atoms with Gasteiger partial charge in [0.2, 0.25) is 0 Å². The van der Waals surface area contributed by atoms with Crippen LogP contribution in [-0.2, 0) is 6.54 Å². The van der Waals surface area contributed by atoms with Gasteiger partial charge in [-0.3, -0.25) is 0 Å². The number of aromatic amines is 1. The molecule has 1 fully saturated rings. The number of nitrogens with zero attached hydrogens (tertiary/aromatic N) is 8. The van der Waals surface area contributed by atoms with Crippen LogP contribution in [0.15, 0.2) is 55.0 Å². The zero-order valence-corrected chi connectivity index (χ0v) is 19.6. The molecule has 0 aliphatic carbocycles. The van der Waals surface area contributed by atoms with Gasteiger partial charge in [-0.2, -0.15) is 5.26 Å². The lowest BCUT2D eigenvalue weighted by atomic mass is 9.99. The van der Waals surface area contributed by atoms with Crippen molar-refractivity contribution in [1.82, 2.24) is 34.9 Å². The summed E-state index contributed by atoms with van der Waals surface area (Å²) in [6, 6.07) is 15.7. The topological polar surface area (TPSA) is 132 Å². The summed E-state index contributed by atoms with van der Waals surface area (Å²) in [5.41, 5.74) is 6.77. The van der Waals surface area contributed by atoms with E-state index in [1.54, 1.807) is 17.1 Å². The molecule has 5 aromatic rings. The Hall–Kier alpha value is -4.62. The molecular weight excluding hydrogens is 454 g/mol. The van der Waals surface area contributed by atoms with Gasteiger partial charge < -0.3 is 15.0 Å². The Balaban J connectivity index is 1.33. The highest BCUT2D eigenvalue weighted by Gasteiger charge is 2.21. The molecule has 0 saturated carbocycles. The lowest BCUT2D eigenvalue weighted by Gasteiger charge is -2.17. The number of hydrogen-bond donors (Lipinski definition) is 2. The van der Waals surface area contributed by atoms with Crippen LogP contribution in [0, 0.1) is 18.3 Å². The third-order valence-electron chi connectivity index (χ3n) is 6.54. The molecule has 1 unspecified atom stereocenters. The Morgan fingerprint density at radius 3 is 2.86 bits per heavy atom. The molecule has 0 spiro atoms. The molecule has 10 heteroatoms. The van der Waals surface area contributed by atoms with Crippen molar-refractivity contribution in [3.05, 3.63) is 71.8 Å². The van der Waals surface area contributed by atoms with Crippen molar-refractivity contribution in [2.75, 3.05) is 18.0 Å². The van der Waals surface area contributed by atoms with Crippen molar-refractivity contribution in [2.24, 2.45) is 0 Å². The van der Waals surface area contributed by atoms with Gasteiger partial charge in [0.15, 0.2) is 5.65 Å². The van der Waals surface area contributed by atoms with Crippen LogP contribution < -0.4 is 4.90 Å². The zero-order valence-electron chi connectivity index (χ0n) is 19.6. The lowest BCUT2D eigenvalue weighted by Crippen LogP contribution is -2.22. The average Bonchev–Trinajstić information content (AvgIpc) is 3.65. The molecule has 178 valence electrons. The summed E-state index contributed by atoms with van der Waals surface area (Å²) in [5, 5.41) is 28.1. The molecule has 1 saturated heterocycles. The Kier molecular flexibility index (Phi) is 5.39. The number of nitrogens with one attached hydrogen (secondary N) is 1. The van der Waals surface area contributed by atoms with Crippen LogP contribution in [0.3, 0.4) is 0 Å². The van der Waals surface area contributed by atoms with Crippen LogP contribution in [0.25, 0.3) is 33.7 Å². The maximum atomic E-state index is 9.85. The van der Waals surface area contributed by atoms with Gasteiger partial charge in [-0.25, -0.2) is 19.6 Å². The van der Waals surface area contributed by atoms with E-state index in [-0.39, 0.29) is 6.10 Å². The Morgan fingerprint density at radius 2 is 2.03 bits per heavy atom. The normalized spacial score (nSPS) is 15.5. The minimum absolute atomic E-state index is 0.302. The lowest BCUT2D eigenvalue weighted by molar-refractivity contribution is 0.198. The minimum atomic E-state index is -0.302. The molecular formula is C26H23N9O. The maximum absolute atomic E-state index is 9.85. The number of β-amino-alcohol motifs (C(OH)–C–C–N with tert-alkyl or cyclic N) is 1. The fourth-order valence-corrected chi connectivity index (χ4v) is 4.64. The van der Waals surface area contributed by atoms with Gasteiger partial charge in [-0.05, 0) is 43.2 Å². The summed E-state index contributed by atoms with van der Waals surface area (Å²) in [5.74, 6) is 0.858. The van der Waals surface area contributed by atoms with Crippen molar-refractivity contribution in [2.45, 2.75) is 26.0 Å². The first kappa shape index (κ1) is 21.9. The molecule has 4 aromatic heterocycles. The fourth-order valence-electron chi connectivity index (χ4n) is 4.64. The van der Waals surface area contributed by atoms with Gasteiger partial charge >= 0.3 is 0 Å². The standard InChI is InChI=1S/C26H23N9O/c1-16-17(11-27)4-2-6-20(16)22-10-21(25-26(31-22)29-15-28-25)23-14-35(33-32-23)12-18-5-3-7-24(30-18)34-9-8-19(36)13-34/h2-7,10,14-15,19,36H,8-9,12-13H2,1H3,(H,28,29,31). The number of imidazole rings is 1. The number of nitriles is 1. The molecule has 0 amide bonds. The smallest absolute Gasteiger partial charge is 0.158 e. The predicted molar refractivity (Wildman–Crippen MR) is 134 cm³/mol. The van der Waals surface area contributed by atoms with Crippen LogP contribution in [0.4, 0.5) is 5.82 Å². The van der Waals surface area contributed by atoms with Crippen LogP contribution in [-0.4, -0.2) is 59.2 Å². The summed E-state index contributed by atoms with van der Waals surface area (Å²) < 4.78 is 1.75. The van der Waals surface area contributed by atoms with Crippen molar-refractivity contribution < 1.29 is 5.11 Å². The SMILES string of the molecule is Cc1c(C#N)cccc1-c1cc(-c2cn(Cc3cccc(N4CCC(O)C4)n3)nn2)c2nc[nH]c2n1. The number of rotatable bonds is 5. The molecule has 10 nitrogen and oxygen atoms in total. The van der Waals surface area contributed by atoms with Crippen molar-refractivity contribution in [3.8, 4) is 28.6 Å². The third kappa shape index (κ3) is 3.95. The molecule has 6 rings (SSSR count). The number of aromatic nitrogens is 7. The molecule has 1 aliphatic heterocycles. The second kappa shape index (κ2) is 8.87. The number of anilines is 1. The first-order valence-electron chi connectivity index (χ1n) is 11.7. The van der Waals surface area contributed by atoms with Crippen molar-refractivity contribution >= 4 is 17.0 Å². The van der Waals surface area contributed by atoms with E-state index in [1.165, 1.54) is 0 Å². The maximum Gasteiger partial charge on any atom is 0.158 e. The first-order chi connectivity index (χ1) is 17.6. The molecule has 1 aromatic carbocycles. The van der Waals surface area contributed by atoms with Gasteiger partial charge in [-0.1, -0.05) is 23.4 Å². The van der Waals surface area contributed by atoms with Crippen LogP contribution in [0.1, 0.15) is 23.2 Å². The number of fused-ring (bicyclic) bond motifs is 1. The Labute approximate surface area is 206 Å². The first-order valence-corrected chi connectivity index (χ1v) is 11.7. The predicted octanol–water partition coefficient (Wildman–Crippen LogP) is 3.08. The monoisotopic (exact) mass is 477 g/mol. The molecule has 0 radical (unpaired) electrons. The number of aliphatic hydroxyl groups excluding tert-OH is 1. The number of H-pyrrole nitrogens is 1. The fraction of sp³-hybridized carbons (Fsp3) is 0.231. The second-order valence-corrected chi connectivity index (χ2v) is 8.92. The zero-order chi connectivity index (χ0) is 24.6. The molecule has 2 N–H and O–H groups in total. The van der Waals surface area contributed by atoms with E-state index in [9.17, 15) is 10.4 Å². The number of aliphatic hydroxyl groups is 1. The summed E-state index contributed by atoms with van der Waals surface area (Å²) >= 11 is 0. The molecule has 1 atom stereocenters. The molecule has 5 heterocycles. The number of hydrogen-bond acceptors (Lipinski definition) is 8. The number of benzene rings is 1. The number of pyridine rings is 2. The second-order valence-electron chi connectivity index (χ2n) is 8.92. The highest BCUT2D eigenvalue weighted by Crippen LogP contribution is 2.31. The quantitative estimate of drug-likeness (QED) is 0.395. The van der Waals surface area contributed by atoms with E-state index in [4.69, 9.17) is 9.97 Å². The molecule has 1 aliphatic rings. The van der Waals surface area contributed by atoms with Crippen molar-refractivity contribution in [3.63, 3.8) is 0 Å². The Morgan fingerprint density at radius 1 is 1.14 bits per heavy atom. The van der Waals surface area contributed by atoms with E-state index in [0.29, 0.717) is 35.5 Å². The van der Waals surface area contributed by atoms with Crippen molar-refractivity contribution in [1.29, 1.82) is 5.26 Å². The van der Waals surface area contributed by atoms with Gasteiger partial charge in [0.05, 0.1) is 48.2 Å². The van der Waals surface area contributed by atoms with Crippen LogP contribution >= 0.6 is 0 Å². The minimum Gasteiger partial charge on any atom is -0.391 e. The van der Waals surface area contributed by atoms with Gasteiger partial charge in [0.1, 0.15) is 17.0 Å². The molecule has 36 heavy (non-hydrogen) atoms. The van der Waals surface area contributed by atoms with Gasteiger partial charge in [0.25, 0.3) is 0 Å². The highest BCUT2D eigenvalue weighted by molar-refractivity contribution is 5.91. The van der Waals surface area contributed by atoms with Gasteiger partial charge in [-0.15, -0.1) is 5.10 Å². The average molecular weight is 478 g/mol. The summed E-state index contributed by atoms with van der Waals surface area (Å²) in [7, 11) is 0. The van der Waals surface area contributed by atoms with E-state index >= 15 is 0 Å². The van der Waals surface area contributed by atoms with Crippen LogP contribution in [0.2, 0.25) is 0 Å². The van der Waals surface area contributed by atoms with Crippen LogP contribution in [0.5, 0.6) is 0 Å². The highest BCUT2D eigenvalue weighted by atomic mass is 16.3. The summed E-state index contributed by atoms with van der Waals surface area (Å²) in [4.78, 5) is 19.1. The summed E-state index contributed by atoms with van der Waals surface area (Å²) in [6.45, 7) is 3.78. The van der Waals surface area contributed by atoms with E-state index in [1.807, 2.05) is 49.5 Å².